The minimum absolute atomic E-state index is 0.354. The third kappa shape index (κ3) is 2.34. The van der Waals surface area contributed by atoms with E-state index in [4.69, 9.17) is 16.8 Å². The predicted octanol–water partition coefficient (Wildman–Crippen LogP) is 1.37. The largest absolute Gasteiger partial charge is 0.411 e. The first kappa shape index (κ1) is 10.8. The number of sulfone groups is 1. The van der Waals surface area contributed by atoms with Gasteiger partial charge in [0.15, 0.2) is 9.84 Å². The molecule has 1 aliphatic carbocycles. The van der Waals surface area contributed by atoms with Crippen LogP contribution in [0.2, 0.25) is 0 Å². The van der Waals surface area contributed by atoms with E-state index in [0.29, 0.717) is 18.6 Å². The highest BCUT2D eigenvalue weighted by Crippen LogP contribution is 2.22. The zero-order chi connectivity index (χ0) is 9.90. The molecule has 1 atom stereocenters. The van der Waals surface area contributed by atoms with Crippen LogP contribution in [0.3, 0.4) is 0 Å². The second kappa shape index (κ2) is 4.28. The van der Waals surface area contributed by atoms with Gasteiger partial charge in [-0.3, -0.25) is 0 Å². The molecule has 0 radical (unpaired) electrons. The Balaban J connectivity index is 2.89. The highest BCUT2D eigenvalue weighted by atomic mass is 35.5. The van der Waals surface area contributed by atoms with Crippen molar-refractivity contribution in [3.05, 3.63) is 0 Å². The summed E-state index contributed by atoms with van der Waals surface area (Å²) in [5.74, 6) is 0. The lowest BCUT2D eigenvalue weighted by Gasteiger charge is -2.21. The summed E-state index contributed by atoms with van der Waals surface area (Å²) < 4.78 is 22.8. The van der Waals surface area contributed by atoms with E-state index in [1.165, 1.54) is 0 Å². The van der Waals surface area contributed by atoms with E-state index in [1.807, 2.05) is 0 Å². The fourth-order valence-electron chi connectivity index (χ4n) is 1.54. The van der Waals surface area contributed by atoms with Crippen LogP contribution in [0.4, 0.5) is 0 Å². The minimum atomic E-state index is -3.31. The summed E-state index contributed by atoms with van der Waals surface area (Å²) >= 11 is 5.32. The van der Waals surface area contributed by atoms with Crippen LogP contribution in [-0.2, 0) is 9.84 Å². The van der Waals surface area contributed by atoms with Gasteiger partial charge in [0.2, 0.25) is 0 Å². The van der Waals surface area contributed by atoms with Gasteiger partial charge in [-0.15, -0.1) is 11.6 Å². The van der Waals surface area contributed by atoms with Crippen LogP contribution in [0.25, 0.3) is 0 Å². The lowest BCUT2D eigenvalue weighted by atomic mass is 9.98. The molecule has 0 amide bonds. The van der Waals surface area contributed by atoms with E-state index in [2.05, 4.69) is 5.16 Å². The molecule has 0 aliphatic heterocycles. The molecule has 1 fully saturated rings. The Morgan fingerprint density at radius 1 is 1.54 bits per heavy atom. The molecule has 1 rings (SSSR count). The van der Waals surface area contributed by atoms with Gasteiger partial charge in [0.05, 0.1) is 5.71 Å². The van der Waals surface area contributed by atoms with Crippen LogP contribution < -0.4 is 0 Å². The van der Waals surface area contributed by atoms with Gasteiger partial charge in [-0.05, 0) is 19.3 Å². The molecule has 0 spiro atoms. The number of halogens is 1. The van der Waals surface area contributed by atoms with Crippen LogP contribution in [0.15, 0.2) is 5.16 Å². The van der Waals surface area contributed by atoms with Gasteiger partial charge in [0.25, 0.3) is 0 Å². The molecule has 1 aliphatic rings. The number of hydrogen-bond donors (Lipinski definition) is 1. The van der Waals surface area contributed by atoms with E-state index in [0.717, 1.165) is 12.8 Å². The molecule has 1 N–H and O–H groups in total. The van der Waals surface area contributed by atoms with Gasteiger partial charge < -0.3 is 5.21 Å². The number of oxime groups is 1. The van der Waals surface area contributed by atoms with Crippen LogP contribution in [-0.4, -0.2) is 29.8 Å². The Hall–Kier alpha value is -0.290. The van der Waals surface area contributed by atoms with Gasteiger partial charge in [0.1, 0.15) is 10.5 Å². The zero-order valence-corrected chi connectivity index (χ0v) is 8.68. The van der Waals surface area contributed by atoms with E-state index in [9.17, 15) is 8.42 Å². The second-order valence-corrected chi connectivity index (χ2v) is 5.87. The molecule has 76 valence electrons. The predicted molar refractivity (Wildman–Crippen MR) is 51.1 cm³/mol. The molecule has 0 heterocycles. The summed E-state index contributed by atoms with van der Waals surface area (Å²) in [5.41, 5.74) is 0.354. The second-order valence-electron chi connectivity index (χ2n) is 3.10. The topological polar surface area (TPSA) is 66.7 Å². The Bertz CT molecular complexity index is 299. The SMILES string of the molecule is O=S(=O)(CCl)[C@H]1CCCC/C1=N\O. The van der Waals surface area contributed by atoms with Crippen molar-refractivity contribution in [3.8, 4) is 0 Å². The molecule has 0 bridgehead atoms. The number of rotatable bonds is 2. The molecule has 0 unspecified atom stereocenters. The molecule has 13 heavy (non-hydrogen) atoms. The van der Waals surface area contributed by atoms with E-state index >= 15 is 0 Å². The van der Waals surface area contributed by atoms with Gasteiger partial charge >= 0.3 is 0 Å². The average Bonchev–Trinajstić information content (AvgIpc) is 2.18. The highest BCUT2D eigenvalue weighted by Gasteiger charge is 2.32. The van der Waals surface area contributed by atoms with Gasteiger partial charge in [-0.2, -0.15) is 0 Å². The summed E-state index contributed by atoms with van der Waals surface area (Å²) in [7, 11) is -3.31. The molecule has 1 saturated carbocycles. The molecule has 0 aromatic carbocycles. The smallest absolute Gasteiger partial charge is 0.172 e. The van der Waals surface area contributed by atoms with Crippen LogP contribution in [0, 0.1) is 0 Å². The number of hydrogen-bond acceptors (Lipinski definition) is 4. The number of alkyl halides is 1. The quantitative estimate of drug-likeness (QED) is 0.439. The van der Waals surface area contributed by atoms with Crippen LogP contribution in [0.1, 0.15) is 25.7 Å². The van der Waals surface area contributed by atoms with Crippen molar-refractivity contribution in [1.82, 2.24) is 0 Å². The first-order valence-corrected chi connectivity index (χ1v) is 6.35. The van der Waals surface area contributed by atoms with Crippen LogP contribution in [0.5, 0.6) is 0 Å². The summed E-state index contributed by atoms with van der Waals surface area (Å²) in [5, 5.41) is 10.6. The summed E-state index contributed by atoms with van der Waals surface area (Å²) in [6.07, 6.45) is 2.80. The third-order valence-electron chi connectivity index (χ3n) is 2.23. The fraction of sp³-hybridized carbons (Fsp3) is 0.857. The van der Waals surface area contributed by atoms with Crippen molar-refractivity contribution >= 4 is 27.1 Å². The Morgan fingerprint density at radius 2 is 2.23 bits per heavy atom. The lowest BCUT2D eigenvalue weighted by molar-refractivity contribution is 0.314. The number of nitrogens with zero attached hydrogens (tertiary/aromatic N) is 1. The van der Waals surface area contributed by atoms with E-state index < -0.39 is 20.3 Å². The highest BCUT2D eigenvalue weighted by molar-refractivity contribution is 7.93. The zero-order valence-electron chi connectivity index (χ0n) is 7.11. The minimum Gasteiger partial charge on any atom is -0.411 e. The lowest BCUT2D eigenvalue weighted by Crippen LogP contribution is -2.33. The Labute approximate surface area is 82.5 Å². The Morgan fingerprint density at radius 3 is 2.77 bits per heavy atom. The fourth-order valence-corrected chi connectivity index (χ4v) is 3.25. The van der Waals surface area contributed by atoms with Crippen molar-refractivity contribution in [2.45, 2.75) is 30.9 Å². The maximum absolute atomic E-state index is 11.4. The molecular formula is C7H12ClNO3S. The average molecular weight is 226 g/mol. The summed E-state index contributed by atoms with van der Waals surface area (Å²) in [4.78, 5) is 0. The maximum Gasteiger partial charge on any atom is 0.172 e. The van der Waals surface area contributed by atoms with Gasteiger partial charge in [-0.25, -0.2) is 8.42 Å². The van der Waals surface area contributed by atoms with Crippen molar-refractivity contribution < 1.29 is 13.6 Å². The summed E-state index contributed by atoms with van der Waals surface area (Å²) in [6.45, 7) is 0. The van der Waals surface area contributed by atoms with Gasteiger partial charge in [-0.1, -0.05) is 11.6 Å². The van der Waals surface area contributed by atoms with Crippen molar-refractivity contribution in [1.29, 1.82) is 0 Å². The van der Waals surface area contributed by atoms with E-state index in [1.54, 1.807) is 0 Å². The molecule has 4 nitrogen and oxygen atoms in total. The normalized spacial score (nSPS) is 27.8. The van der Waals surface area contributed by atoms with E-state index in [-0.39, 0.29) is 0 Å². The monoisotopic (exact) mass is 225 g/mol. The van der Waals surface area contributed by atoms with Crippen molar-refractivity contribution in [3.63, 3.8) is 0 Å². The maximum atomic E-state index is 11.4. The molecular weight excluding hydrogens is 214 g/mol. The summed E-state index contributed by atoms with van der Waals surface area (Å²) in [6, 6.07) is 0. The molecule has 6 heteroatoms. The first-order valence-electron chi connectivity index (χ1n) is 4.10. The first-order chi connectivity index (χ1) is 6.11. The van der Waals surface area contributed by atoms with Crippen molar-refractivity contribution in [2.75, 3.05) is 5.21 Å². The molecule has 0 aromatic rings. The third-order valence-corrected chi connectivity index (χ3v) is 4.83. The molecule has 0 saturated heterocycles. The van der Waals surface area contributed by atoms with Gasteiger partial charge in [0, 0.05) is 0 Å². The Kier molecular flexibility index (Phi) is 3.55. The van der Waals surface area contributed by atoms with Crippen molar-refractivity contribution in [2.24, 2.45) is 5.16 Å². The molecule has 0 aromatic heterocycles. The van der Waals surface area contributed by atoms with Crippen LogP contribution >= 0.6 is 11.6 Å². The standard InChI is InChI=1S/C7H12ClNO3S/c8-5-13(11,12)7-4-2-1-3-6(7)9-10/h7,10H,1-5H2/b9-6+/t7-/m0/s1.